The zero-order valence-corrected chi connectivity index (χ0v) is 15.9. The Bertz CT molecular complexity index is 384. The van der Waals surface area contributed by atoms with Crippen LogP contribution in [0.25, 0.3) is 0 Å². The molecule has 0 saturated carbocycles. The maximum Gasteiger partial charge on any atom is 0.220 e. The Morgan fingerprint density at radius 3 is 1.83 bits per heavy atom. The van der Waals surface area contributed by atoms with Crippen LogP contribution in [0.1, 0.15) is 90.2 Å². The highest BCUT2D eigenvalue weighted by molar-refractivity contribution is 5.76. The van der Waals surface area contributed by atoms with E-state index in [1.165, 1.54) is 51.4 Å². The van der Waals surface area contributed by atoms with Crippen LogP contribution in [0.4, 0.5) is 0 Å². The summed E-state index contributed by atoms with van der Waals surface area (Å²) in [6.07, 6.45) is 11.9. The Balaban J connectivity index is 0.000000470. The van der Waals surface area contributed by atoms with Crippen molar-refractivity contribution in [3.63, 3.8) is 0 Å². The molecule has 24 heavy (non-hydrogen) atoms. The van der Waals surface area contributed by atoms with E-state index in [0.29, 0.717) is 6.42 Å². The van der Waals surface area contributed by atoms with Crippen LogP contribution in [0.3, 0.4) is 0 Å². The van der Waals surface area contributed by atoms with Crippen LogP contribution >= 0.6 is 0 Å². The van der Waals surface area contributed by atoms with E-state index in [1.807, 2.05) is 30.3 Å². The van der Waals surface area contributed by atoms with Crippen molar-refractivity contribution in [2.24, 2.45) is 0 Å². The second kappa shape index (κ2) is 16.5. The fourth-order valence-corrected chi connectivity index (χ4v) is 2.42. The molecule has 3 nitrogen and oxygen atoms in total. The molecular weight excluding hydrogens is 298 g/mol. The van der Waals surface area contributed by atoms with E-state index in [0.717, 1.165) is 5.56 Å². The van der Waals surface area contributed by atoms with Gasteiger partial charge in [-0.1, -0.05) is 102 Å². The standard InChI is InChI=1S/C11H15NO2.C10H22/c1-2-11(14)12-10(8-13)9-6-4-3-5-7-9;1-3-5-7-9-10-8-6-4-2/h3-7,10,13H,2,8H2,1H3,(H,12,14);3-10H2,1-2H3. The predicted octanol–water partition coefficient (Wildman–Crippen LogP) is 5.39. The highest BCUT2D eigenvalue weighted by Gasteiger charge is 2.11. The SMILES string of the molecule is CCC(=O)NC(CO)c1ccccc1.CCCCCCCCCC. The number of rotatable bonds is 11. The van der Waals surface area contributed by atoms with Gasteiger partial charge in [0.1, 0.15) is 0 Å². The summed E-state index contributed by atoms with van der Waals surface area (Å²) in [6.45, 7) is 6.25. The number of benzene rings is 1. The maximum atomic E-state index is 11.1. The van der Waals surface area contributed by atoms with Crippen molar-refractivity contribution in [3.05, 3.63) is 35.9 Å². The van der Waals surface area contributed by atoms with Crippen LogP contribution < -0.4 is 5.32 Å². The van der Waals surface area contributed by atoms with Crippen molar-refractivity contribution in [2.45, 2.75) is 84.6 Å². The fourth-order valence-electron chi connectivity index (χ4n) is 2.42. The average Bonchev–Trinajstić information content (AvgIpc) is 2.63. The molecule has 3 heteroatoms. The lowest BCUT2D eigenvalue weighted by Crippen LogP contribution is -2.29. The van der Waals surface area contributed by atoms with E-state index in [2.05, 4.69) is 19.2 Å². The van der Waals surface area contributed by atoms with Crippen LogP contribution in [0.5, 0.6) is 0 Å². The molecule has 0 aliphatic carbocycles. The fraction of sp³-hybridized carbons (Fsp3) is 0.667. The van der Waals surface area contributed by atoms with Crippen molar-refractivity contribution in [1.82, 2.24) is 5.32 Å². The molecule has 1 amide bonds. The summed E-state index contributed by atoms with van der Waals surface area (Å²) in [5.41, 5.74) is 0.928. The van der Waals surface area contributed by atoms with Crippen LogP contribution in [-0.4, -0.2) is 17.6 Å². The van der Waals surface area contributed by atoms with Crippen molar-refractivity contribution in [3.8, 4) is 0 Å². The topological polar surface area (TPSA) is 49.3 Å². The van der Waals surface area contributed by atoms with Gasteiger partial charge in [0.15, 0.2) is 0 Å². The summed E-state index contributed by atoms with van der Waals surface area (Å²) in [7, 11) is 0. The summed E-state index contributed by atoms with van der Waals surface area (Å²) >= 11 is 0. The van der Waals surface area contributed by atoms with Crippen molar-refractivity contribution in [2.75, 3.05) is 6.61 Å². The van der Waals surface area contributed by atoms with Crippen LogP contribution in [-0.2, 0) is 4.79 Å². The number of aliphatic hydroxyl groups is 1. The minimum absolute atomic E-state index is 0.0482. The summed E-state index contributed by atoms with van der Waals surface area (Å²) in [5.74, 6) is -0.0482. The molecule has 0 heterocycles. The first-order chi connectivity index (χ1) is 11.7. The van der Waals surface area contributed by atoms with E-state index in [9.17, 15) is 4.79 Å². The van der Waals surface area contributed by atoms with E-state index < -0.39 is 0 Å². The molecule has 0 fully saturated rings. The van der Waals surface area contributed by atoms with E-state index in [1.54, 1.807) is 6.92 Å². The van der Waals surface area contributed by atoms with Gasteiger partial charge in [0.2, 0.25) is 5.91 Å². The van der Waals surface area contributed by atoms with Gasteiger partial charge in [0.25, 0.3) is 0 Å². The minimum Gasteiger partial charge on any atom is -0.394 e. The molecule has 1 rings (SSSR count). The summed E-state index contributed by atoms with van der Waals surface area (Å²) in [5, 5.41) is 11.9. The molecule has 0 bridgehead atoms. The summed E-state index contributed by atoms with van der Waals surface area (Å²) < 4.78 is 0. The van der Waals surface area contributed by atoms with Gasteiger partial charge in [-0.3, -0.25) is 4.79 Å². The zero-order valence-electron chi connectivity index (χ0n) is 15.9. The number of amides is 1. The Labute approximate surface area is 148 Å². The third-order valence-corrected chi connectivity index (χ3v) is 4.00. The first-order valence-corrected chi connectivity index (χ1v) is 9.64. The number of hydrogen-bond acceptors (Lipinski definition) is 2. The first-order valence-electron chi connectivity index (χ1n) is 9.64. The number of carbonyl (C=O) groups excluding carboxylic acids is 1. The second-order valence-corrected chi connectivity index (χ2v) is 6.19. The lowest BCUT2D eigenvalue weighted by atomic mass is 10.1. The smallest absolute Gasteiger partial charge is 0.220 e. The Hall–Kier alpha value is -1.35. The molecule has 0 spiro atoms. The molecule has 0 aliphatic rings. The molecule has 1 aromatic rings. The van der Waals surface area contributed by atoms with Crippen LogP contribution in [0.15, 0.2) is 30.3 Å². The lowest BCUT2D eigenvalue weighted by molar-refractivity contribution is -0.121. The van der Waals surface area contributed by atoms with Gasteiger partial charge in [-0.05, 0) is 5.56 Å². The zero-order chi connectivity index (χ0) is 18.0. The average molecular weight is 336 g/mol. The van der Waals surface area contributed by atoms with E-state index >= 15 is 0 Å². The minimum atomic E-state index is -0.288. The molecular formula is C21H37NO2. The molecule has 1 aromatic carbocycles. The molecule has 0 aromatic heterocycles. The van der Waals surface area contributed by atoms with E-state index in [4.69, 9.17) is 5.11 Å². The third-order valence-electron chi connectivity index (χ3n) is 4.00. The van der Waals surface area contributed by atoms with Gasteiger partial charge in [-0.25, -0.2) is 0 Å². The number of carbonyl (C=O) groups is 1. The van der Waals surface area contributed by atoms with E-state index in [-0.39, 0.29) is 18.6 Å². The largest absolute Gasteiger partial charge is 0.394 e. The number of nitrogens with one attached hydrogen (secondary N) is 1. The third kappa shape index (κ3) is 12.1. The monoisotopic (exact) mass is 335 g/mol. The predicted molar refractivity (Wildman–Crippen MR) is 103 cm³/mol. The Morgan fingerprint density at radius 2 is 1.42 bits per heavy atom. The molecule has 0 aliphatic heterocycles. The summed E-state index contributed by atoms with van der Waals surface area (Å²) in [6, 6.07) is 9.16. The number of aliphatic hydroxyl groups excluding tert-OH is 1. The first kappa shape index (κ1) is 22.6. The lowest BCUT2D eigenvalue weighted by Gasteiger charge is -2.15. The van der Waals surface area contributed by atoms with Crippen molar-refractivity contribution in [1.29, 1.82) is 0 Å². The normalized spacial score (nSPS) is 11.3. The van der Waals surface area contributed by atoms with Gasteiger partial charge in [0, 0.05) is 6.42 Å². The highest BCUT2D eigenvalue weighted by Crippen LogP contribution is 2.11. The van der Waals surface area contributed by atoms with Crippen LogP contribution in [0.2, 0.25) is 0 Å². The quantitative estimate of drug-likeness (QED) is 0.532. The molecule has 0 saturated heterocycles. The Kier molecular flexibility index (Phi) is 15.6. The molecule has 1 atom stereocenters. The van der Waals surface area contributed by atoms with Gasteiger partial charge >= 0.3 is 0 Å². The second-order valence-electron chi connectivity index (χ2n) is 6.19. The molecule has 0 radical (unpaired) electrons. The van der Waals surface area contributed by atoms with Gasteiger partial charge in [-0.15, -0.1) is 0 Å². The highest BCUT2D eigenvalue weighted by atomic mass is 16.3. The maximum absolute atomic E-state index is 11.1. The van der Waals surface area contributed by atoms with Gasteiger partial charge in [-0.2, -0.15) is 0 Å². The van der Waals surface area contributed by atoms with Crippen molar-refractivity contribution < 1.29 is 9.90 Å². The Morgan fingerprint density at radius 1 is 0.917 bits per heavy atom. The number of unbranched alkanes of at least 4 members (excludes halogenated alkanes) is 7. The van der Waals surface area contributed by atoms with Gasteiger partial charge < -0.3 is 10.4 Å². The molecule has 1 unspecified atom stereocenters. The number of hydrogen-bond donors (Lipinski definition) is 2. The van der Waals surface area contributed by atoms with Gasteiger partial charge in [0.05, 0.1) is 12.6 Å². The van der Waals surface area contributed by atoms with Crippen molar-refractivity contribution >= 4 is 5.91 Å². The summed E-state index contributed by atoms with van der Waals surface area (Å²) in [4.78, 5) is 11.1. The van der Waals surface area contributed by atoms with Crippen LogP contribution in [0, 0.1) is 0 Å². The molecule has 138 valence electrons. The molecule has 2 N–H and O–H groups in total.